The smallest absolute Gasteiger partial charge is 0.406 e. The highest BCUT2D eigenvalue weighted by atomic mass is 35.5. The maximum absolute atomic E-state index is 12.9. The third kappa shape index (κ3) is 4.56. The maximum Gasteiger partial charge on any atom is 0.573 e. The Bertz CT molecular complexity index is 960. The van der Waals surface area contributed by atoms with E-state index in [0.717, 1.165) is 5.56 Å². The van der Waals surface area contributed by atoms with Crippen LogP contribution in [0.2, 0.25) is 5.02 Å². The summed E-state index contributed by atoms with van der Waals surface area (Å²) < 4.78 is 41.7. The van der Waals surface area contributed by atoms with Crippen LogP contribution in [0.25, 0.3) is 0 Å². The van der Waals surface area contributed by atoms with Crippen molar-refractivity contribution in [2.24, 2.45) is 5.92 Å². The average Bonchev–Trinajstić information content (AvgIpc) is 3.18. The second kappa shape index (κ2) is 8.22. The lowest BCUT2D eigenvalue weighted by atomic mass is 9.79. The van der Waals surface area contributed by atoms with Crippen molar-refractivity contribution < 1.29 is 22.7 Å². The standard InChI is InChI=1S/C22H20ClF3N2O2/c23-14-6-4-13(5-7-14)10-11-27-21(29)20-17-3-1-2-16(17)18-12-15(30-22(24,25)26)8-9-19(18)28-20/h1-2,4-9,12,16-17,20,28H,3,10-11H2,(H,27,29). The van der Waals surface area contributed by atoms with E-state index in [1.165, 1.54) is 18.2 Å². The SMILES string of the molecule is O=C(NCCc1ccc(Cl)cc1)C1Nc2ccc(OC(F)(F)F)cc2C2C=CCC12. The molecule has 4 nitrogen and oxygen atoms in total. The van der Waals surface area contributed by atoms with Crippen LogP contribution in [0, 0.1) is 5.92 Å². The number of alkyl halides is 3. The zero-order valence-corrected chi connectivity index (χ0v) is 16.6. The highest BCUT2D eigenvalue weighted by Crippen LogP contribution is 2.46. The molecule has 3 unspecified atom stereocenters. The largest absolute Gasteiger partial charge is 0.573 e. The van der Waals surface area contributed by atoms with Crippen molar-refractivity contribution >= 4 is 23.2 Å². The first-order valence-corrected chi connectivity index (χ1v) is 10.0. The molecule has 1 amide bonds. The molecule has 0 fully saturated rings. The van der Waals surface area contributed by atoms with Gasteiger partial charge in [0.25, 0.3) is 0 Å². The molecule has 4 rings (SSSR count). The number of hydrogen-bond donors (Lipinski definition) is 2. The summed E-state index contributed by atoms with van der Waals surface area (Å²) in [6.45, 7) is 0.481. The monoisotopic (exact) mass is 436 g/mol. The molecular formula is C22H20ClF3N2O2. The molecule has 0 saturated carbocycles. The Hall–Kier alpha value is -2.67. The predicted molar refractivity (Wildman–Crippen MR) is 109 cm³/mol. The van der Waals surface area contributed by atoms with E-state index >= 15 is 0 Å². The van der Waals surface area contributed by atoms with Gasteiger partial charge in [-0.05, 0) is 54.3 Å². The number of anilines is 1. The van der Waals surface area contributed by atoms with Gasteiger partial charge in [-0.3, -0.25) is 4.79 Å². The van der Waals surface area contributed by atoms with Crippen LogP contribution in [0.3, 0.4) is 0 Å². The van der Waals surface area contributed by atoms with Gasteiger partial charge in [-0.25, -0.2) is 0 Å². The quantitative estimate of drug-likeness (QED) is 0.645. The number of nitrogens with one attached hydrogen (secondary N) is 2. The molecule has 30 heavy (non-hydrogen) atoms. The van der Waals surface area contributed by atoms with E-state index in [0.29, 0.717) is 35.7 Å². The number of halogens is 4. The van der Waals surface area contributed by atoms with Crippen LogP contribution in [0.4, 0.5) is 18.9 Å². The highest BCUT2D eigenvalue weighted by Gasteiger charge is 2.41. The predicted octanol–water partition coefficient (Wildman–Crippen LogP) is 5.05. The van der Waals surface area contributed by atoms with Gasteiger partial charge < -0.3 is 15.4 Å². The van der Waals surface area contributed by atoms with Crippen LogP contribution in [0.5, 0.6) is 5.75 Å². The third-order valence-electron chi connectivity index (χ3n) is 5.48. The van der Waals surface area contributed by atoms with Gasteiger partial charge in [0.2, 0.25) is 5.91 Å². The average molecular weight is 437 g/mol. The first-order valence-electron chi connectivity index (χ1n) is 9.65. The topological polar surface area (TPSA) is 50.4 Å². The Labute approximate surface area is 177 Å². The molecular weight excluding hydrogens is 417 g/mol. The minimum absolute atomic E-state index is 0.0610. The molecule has 158 valence electrons. The molecule has 0 spiro atoms. The number of amides is 1. The summed E-state index contributed by atoms with van der Waals surface area (Å²) in [5.41, 5.74) is 2.43. The first kappa shape index (κ1) is 20.6. The Balaban J connectivity index is 1.44. The molecule has 2 aromatic rings. The van der Waals surface area contributed by atoms with E-state index in [1.807, 2.05) is 36.4 Å². The number of rotatable bonds is 5. The van der Waals surface area contributed by atoms with Crippen molar-refractivity contribution in [3.8, 4) is 5.75 Å². The zero-order valence-electron chi connectivity index (χ0n) is 15.9. The number of ether oxygens (including phenoxy) is 1. The van der Waals surface area contributed by atoms with Gasteiger partial charge in [-0.2, -0.15) is 0 Å². The van der Waals surface area contributed by atoms with E-state index in [9.17, 15) is 18.0 Å². The summed E-state index contributed by atoms with van der Waals surface area (Å²) in [5, 5.41) is 6.84. The summed E-state index contributed by atoms with van der Waals surface area (Å²) in [6.07, 6.45) is 0.536. The molecule has 1 heterocycles. The summed E-state index contributed by atoms with van der Waals surface area (Å²) in [6, 6.07) is 11.2. The molecule has 0 radical (unpaired) electrons. The van der Waals surface area contributed by atoms with E-state index in [4.69, 9.17) is 11.6 Å². The third-order valence-corrected chi connectivity index (χ3v) is 5.73. The van der Waals surface area contributed by atoms with E-state index in [-0.39, 0.29) is 23.5 Å². The van der Waals surface area contributed by atoms with Crippen LogP contribution >= 0.6 is 11.6 Å². The molecule has 3 atom stereocenters. The van der Waals surface area contributed by atoms with Crippen molar-refractivity contribution in [2.45, 2.75) is 31.2 Å². The lowest BCUT2D eigenvalue weighted by Crippen LogP contribution is -2.48. The number of fused-ring (bicyclic) bond motifs is 3. The van der Waals surface area contributed by atoms with Gasteiger partial charge in [0, 0.05) is 29.1 Å². The second-order valence-electron chi connectivity index (χ2n) is 7.44. The fourth-order valence-corrected chi connectivity index (χ4v) is 4.25. The molecule has 2 aromatic carbocycles. The fraction of sp³-hybridized carbons (Fsp3) is 0.318. The number of allylic oxidation sites excluding steroid dienone is 2. The summed E-state index contributed by atoms with van der Waals surface area (Å²) >= 11 is 5.88. The Morgan fingerprint density at radius 3 is 2.70 bits per heavy atom. The van der Waals surface area contributed by atoms with Crippen LogP contribution in [-0.4, -0.2) is 24.9 Å². The van der Waals surface area contributed by atoms with Gasteiger partial charge >= 0.3 is 6.36 Å². The van der Waals surface area contributed by atoms with Crippen molar-refractivity contribution in [1.82, 2.24) is 5.32 Å². The Kier molecular flexibility index (Phi) is 5.64. The molecule has 8 heteroatoms. The lowest BCUT2D eigenvalue weighted by molar-refractivity contribution is -0.274. The van der Waals surface area contributed by atoms with Crippen molar-refractivity contribution in [1.29, 1.82) is 0 Å². The van der Waals surface area contributed by atoms with Gasteiger partial charge in [0.15, 0.2) is 0 Å². The zero-order chi connectivity index (χ0) is 21.3. The molecule has 0 bridgehead atoms. The Morgan fingerprint density at radius 2 is 1.97 bits per heavy atom. The number of carbonyl (C=O) groups is 1. The van der Waals surface area contributed by atoms with Crippen LogP contribution < -0.4 is 15.4 Å². The van der Waals surface area contributed by atoms with Crippen molar-refractivity contribution in [3.05, 3.63) is 70.8 Å². The molecule has 1 aliphatic carbocycles. The number of carbonyl (C=O) groups excluding carboxylic acids is 1. The van der Waals surface area contributed by atoms with E-state index < -0.39 is 12.4 Å². The van der Waals surface area contributed by atoms with E-state index in [1.54, 1.807) is 0 Å². The second-order valence-corrected chi connectivity index (χ2v) is 7.88. The number of hydrogen-bond acceptors (Lipinski definition) is 3. The summed E-state index contributed by atoms with van der Waals surface area (Å²) in [5.74, 6) is -0.573. The molecule has 2 aliphatic rings. The van der Waals surface area contributed by atoms with Gasteiger partial charge in [0.1, 0.15) is 11.8 Å². The lowest BCUT2D eigenvalue weighted by Gasteiger charge is -2.36. The first-order chi connectivity index (χ1) is 14.3. The van der Waals surface area contributed by atoms with Crippen molar-refractivity contribution in [2.75, 3.05) is 11.9 Å². The summed E-state index contributed by atoms with van der Waals surface area (Å²) in [7, 11) is 0. The maximum atomic E-state index is 12.9. The highest BCUT2D eigenvalue weighted by molar-refractivity contribution is 6.30. The van der Waals surface area contributed by atoms with Gasteiger partial charge in [-0.15, -0.1) is 13.2 Å². The van der Waals surface area contributed by atoms with Crippen LogP contribution in [0.1, 0.15) is 23.5 Å². The van der Waals surface area contributed by atoms with Crippen LogP contribution in [0.15, 0.2) is 54.6 Å². The normalized spacial score (nSPS) is 22.1. The van der Waals surface area contributed by atoms with Crippen molar-refractivity contribution in [3.63, 3.8) is 0 Å². The minimum atomic E-state index is -4.74. The van der Waals surface area contributed by atoms with Gasteiger partial charge in [-0.1, -0.05) is 35.9 Å². The molecule has 2 N–H and O–H groups in total. The summed E-state index contributed by atoms with van der Waals surface area (Å²) in [4.78, 5) is 12.9. The molecule has 1 aliphatic heterocycles. The Morgan fingerprint density at radius 1 is 1.20 bits per heavy atom. The van der Waals surface area contributed by atoms with Crippen LogP contribution in [-0.2, 0) is 11.2 Å². The minimum Gasteiger partial charge on any atom is -0.406 e. The van der Waals surface area contributed by atoms with E-state index in [2.05, 4.69) is 15.4 Å². The van der Waals surface area contributed by atoms with Gasteiger partial charge in [0.05, 0.1) is 0 Å². The fourth-order valence-electron chi connectivity index (χ4n) is 4.12. The number of benzene rings is 2. The molecule has 0 saturated heterocycles. The molecule has 0 aromatic heterocycles.